The zero-order valence-corrected chi connectivity index (χ0v) is 10.00. The molecule has 0 aliphatic heterocycles. The maximum atomic E-state index is 5.88. The number of halogens is 1. The highest BCUT2D eigenvalue weighted by Crippen LogP contribution is 2.13. The fourth-order valence-corrected chi connectivity index (χ4v) is 1.58. The van der Waals surface area contributed by atoms with Gasteiger partial charge >= 0.3 is 0 Å². The van der Waals surface area contributed by atoms with Crippen molar-refractivity contribution in [1.82, 2.24) is 0 Å². The third-order valence-electron chi connectivity index (χ3n) is 2.33. The van der Waals surface area contributed by atoms with E-state index in [1.54, 1.807) is 0 Å². The SMILES string of the molecule is CC(C)C(CN)OCc1cccc(Cl)c1. The molecule has 0 saturated carbocycles. The summed E-state index contributed by atoms with van der Waals surface area (Å²) in [6.45, 7) is 5.34. The van der Waals surface area contributed by atoms with E-state index >= 15 is 0 Å². The molecule has 1 rings (SSSR count). The highest BCUT2D eigenvalue weighted by molar-refractivity contribution is 6.30. The minimum atomic E-state index is 0.115. The molecule has 0 spiro atoms. The van der Waals surface area contributed by atoms with Crippen LogP contribution in [0.2, 0.25) is 5.02 Å². The molecule has 0 aliphatic carbocycles. The van der Waals surface area contributed by atoms with Crippen molar-refractivity contribution in [2.75, 3.05) is 6.54 Å². The molecule has 0 aliphatic rings. The second kappa shape index (κ2) is 6.11. The van der Waals surface area contributed by atoms with Gasteiger partial charge in [0.2, 0.25) is 0 Å². The fraction of sp³-hybridized carbons (Fsp3) is 0.500. The first kappa shape index (κ1) is 12.5. The molecule has 1 atom stereocenters. The van der Waals surface area contributed by atoms with E-state index < -0.39 is 0 Å². The van der Waals surface area contributed by atoms with Gasteiger partial charge in [0, 0.05) is 11.6 Å². The molecule has 0 radical (unpaired) electrons. The Bertz CT molecular complexity index is 301. The van der Waals surface area contributed by atoms with Crippen LogP contribution in [0.1, 0.15) is 19.4 Å². The first-order valence-corrected chi connectivity index (χ1v) is 5.57. The van der Waals surface area contributed by atoms with Gasteiger partial charge in [-0.2, -0.15) is 0 Å². The van der Waals surface area contributed by atoms with E-state index in [4.69, 9.17) is 22.1 Å². The topological polar surface area (TPSA) is 35.2 Å². The van der Waals surface area contributed by atoms with Crippen LogP contribution in [-0.2, 0) is 11.3 Å². The zero-order valence-electron chi connectivity index (χ0n) is 9.24. The lowest BCUT2D eigenvalue weighted by molar-refractivity contribution is 0.0168. The average Bonchev–Trinajstić information content (AvgIpc) is 2.18. The molecule has 2 N–H and O–H groups in total. The molecule has 15 heavy (non-hydrogen) atoms. The Morgan fingerprint density at radius 1 is 1.40 bits per heavy atom. The van der Waals surface area contributed by atoms with E-state index in [9.17, 15) is 0 Å². The van der Waals surface area contributed by atoms with Crippen LogP contribution in [0, 0.1) is 5.92 Å². The minimum Gasteiger partial charge on any atom is -0.372 e. The molecule has 1 aromatic carbocycles. The third-order valence-corrected chi connectivity index (χ3v) is 2.56. The van der Waals surface area contributed by atoms with E-state index in [1.165, 1.54) is 0 Å². The Morgan fingerprint density at radius 3 is 2.67 bits per heavy atom. The summed E-state index contributed by atoms with van der Waals surface area (Å²) in [5.41, 5.74) is 6.70. The van der Waals surface area contributed by atoms with Crippen molar-refractivity contribution in [3.05, 3.63) is 34.9 Å². The van der Waals surface area contributed by atoms with Crippen molar-refractivity contribution in [2.24, 2.45) is 11.7 Å². The summed E-state index contributed by atoms with van der Waals surface area (Å²) >= 11 is 5.88. The van der Waals surface area contributed by atoms with E-state index in [0.29, 0.717) is 19.1 Å². The highest BCUT2D eigenvalue weighted by atomic mass is 35.5. The van der Waals surface area contributed by atoms with Crippen LogP contribution in [-0.4, -0.2) is 12.6 Å². The lowest BCUT2D eigenvalue weighted by Crippen LogP contribution is -2.28. The van der Waals surface area contributed by atoms with E-state index in [2.05, 4.69) is 13.8 Å². The first-order valence-electron chi connectivity index (χ1n) is 5.19. The quantitative estimate of drug-likeness (QED) is 0.840. The van der Waals surface area contributed by atoms with Crippen molar-refractivity contribution >= 4 is 11.6 Å². The zero-order chi connectivity index (χ0) is 11.3. The van der Waals surface area contributed by atoms with Crippen molar-refractivity contribution in [2.45, 2.75) is 26.6 Å². The van der Waals surface area contributed by atoms with Crippen molar-refractivity contribution in [3.8, 4) is 0 Å². The predicted molar refractivity (Wildman–Crippen MR) is 63.9 cm³/mol. The molecular weight excluding hydrogens is 210 g/mol. The highest BCUT2D eigenvalue weighted by Gasteiger charge is 2.11. The lowest BCUT2D eigenvalue weighted by atomic mass is 10.1. The van der Waals surface area contributed by atoms with Gasteiger partial charge in [0.1, 0.15) is 0 Å². The van der Waals surface area contributed by atoms with E-state index in [0.717, 1.165) is 10.6 Å². The van der Waals surface area contributed by atoms with Gasteiger partial charge in [-0.3, -0.25) is 0 Å². The Labute approximate surface area is 96.4 Å². The van der Waals surface area contributed by atoms with Gasteiger partial charge < -0.3 is 10.5 Å². The summed E-state index contributed by atoms with van der Waals surface area (Å²) in [6.07, 6.45) is 0.115. The summed E-state index contributed by atoms with van der Waals surface area (Å²) in [5, 5.41) is 0.741. The summed E-state index contributed by atoms with van der Waals surface area (Å²) < 4.78 is 5.71. The molecule has 0 heterocycles. The van der Waals surface area contributed by atoms with Crippen LogP contribution in [0.4, 0.5) is 0 Å². The van der Waals surface area contributed by atoms with Crippen LogP contribution >= 0.6 is 11.6 Å². The Kier molecular flexibility index (Phi) is 5.09. The lowest BCUT2D eigenvalue weighted by Gasteiger charge is -2.19. The molecule has 0 aromatic heterocycles. The van der Waals surface area contributed by atoms with Crippen LogP contribution < -0.4 is 5.73 Å². The number of rotatable bonds is 5. The molecular formula is C12H18ClNO. The van der Waals surface area contributed by atoms with Gasteiger partial charge in [-0.1, -0.05) is 37.6 Å². The Morgan fingerprint density at radius 2 is 2.13 bits per heavy atom. The Hall–Kier alpha value is -0.570. The van der Waals surface area contributed by atoms with E-state index in [-0.39, 0.29) is 6.10 Å². The van der Waals surface area contributed by atoms with Crippen LogP contribution in [0.25, 0.3) is 0 Å². The van der Waals surface area contributed by atoms with Gasteiger partial charge in [0.15, 0.2) is 0 Å². The van der Waals surface area contributed by atoms with Gasteiger partial charge in [0.05, 0.1) is 12.7 Å². The monoisotopic (exact) mass is 227 g/mol. The number of ether oxygens (including phenoxy) is 1. The van der Waals surface area contributed by atoms with E-state index in [1.807, 2.05) is 24.3 Å². The number of hydrogen-bond acceptors (Lipinski definition) is 2. The number of benzene rings is 1. The molecule has 0 bridgehead atoms. The van der Waals surface area contributed by atoms with Crippen LogP contribution in [0.3, 0.4) is 0 Å². The summed E-state index contributed by atoms with van der Waals surface area (Å²) in [6, 6.07) is 7.69. The number of hydrogen-bond donors (Lipinski definition) is 1. The summed E-state index contributed by atoms with van der Waals surface area (Å²) in [4.78, 5) is 0. The van der Waals surface area contributed by atoms with Crippen LogP contribution in [0.15, 0.2) is 24.3 Å². The molecule has 84 valence electrons. The third kappa shape index (κ3) is 4.20. The first-order chi connectivity index (χ1) is 7.13. The molecule has 0 saturated heterocycles. The van der Waals surface area contributed by atoms with Crippen LogP contribution in [0.5, 0.6) is 0 Å². The second-order valence-corrected chi connectivity index (χ2v) is 4.40. The number of nitrogens with two attached hydrogens (primary N) is 1. The molecule has 3 heteroatoms. The van der Waals surface area contributed by atoms with Gasteiger partial charge in [-0.25, -0.2) is 0 Å². The average molecular weight is 228 g/mol. The predicted octanol–water partition coefficient (Wildman–Crippen LogP) is 2.84. The molecule has 1 unspecified atom stereocenters. The largest absolute Gasteiger partial charge is 0.372 e. The smallest absolute Gasteiger partial charge is 0.0724 e. The minimum absolute atomic E-state index is 0.115. The van der Waals surface area contributed by atoms with Gasteiger partial charge in [-0.15, -0.1) is 0 Å². The molecule has 2 nitrogen and oxygen atoms in total. The van der Waals surface area contributed by atoms with Crippen molar-refractivity contribution < 1.29 is 4.74 Å². The Balaban J connectivity index is 2.49. The standard InChI is InChI=1S/C12H18ClNO/c1-9(2)12(7-14)15-8-10-4-3-5-11(13)6-10/h3-6,9,12H,7-8,14H2,1-2H3. The van der Waals surface area contributed by atoms with Crippen molar-refractivity contribution in [1.29, 1.82) is 0 Å². The maximum Gasteiger partial charge on any atom is 0.0724 e. The fourth-order valence-electron chi connectivity index (χ4n) is 1.36. The maximum absolute atomic E-state index is 5.88. The normalized spacial score (nSPS) is 13.1. The summed E-state index contributed by atoms with van der Waals surface area (Å²) in [7, 11) is 0. The second-order valence-electron chi connectivity index (χ2n) is 3.96. The molecule has 0 amide bonds. The molecule has 0 fully saturated rings. The van der Waals surface area contributed by atoms with Crippen molar-refractivity contribution in [3.63, 3.8) is 0 Å². The van der Waals surface area contributed by atoms with Gasteiger partial charge in [-0.05, 0) is 23.6 Å². The summed E-state index contributed by atoms with van der Waals surface area (Å²) in [5.74, 6) is 0.439. The van der Waals surface area contributed by atoms with Gasteiger partial charge in [0.25, 0.3) is 0 Å². The molecule has 1 aromatic rings.